The number of aliphatic imine (C=N–C) groups is 1. The van der Waals surface area contributed by atoms with E-state index in [1.807, 2.05) is 7.05 Å². The van der Waals surface area contributed by atoms with Gasteiger partial charge in [0.2, 0.25) is 0 Å². The average Bonchev–Trinajstić information content (AvgIpc) is 3.38. The van der Waals surface area contributed by atoms with E-state index in [-0.39, 0.29) is 0 Å². The lowest BCUT2D eigenvalue weighted by Crippen LogP contribution is -2.47. The van der Waals surface area contributed by atoms with Crippen LogP contribution in [0.2, 0.25) is 0 Å². The molecule has 0 bridgehead atoms. The van der Waals surface area contributed by atoms with Crippen LogP contribution in [-0.4, -0.2) is 50.1 Å². The maximum atomic E-state index is 4.37. The summed E-state index contributed by atoms with van der Waals surface area (Å²) in [6, 6.07) is 11.3. The molecule has 1 unspecified atom stereocenters. The molecule has 0 amide bonds. The molecule has 1 fully saturated rings. The van der Waals surface area contributed by atoms with Crippen molar-refractivity contribution in [1.29, 1.82) is 0 Å². The van der Waals surface area contributed by atoms with E-state index in [1.165, 1.54) is 18.4 Å². The molecule has 1 aromatic rings. The first kappa shape index (κ1) is 17.8. The Morgan fingerprint density at radius 3 is 2.35 bits per heavy atom. The first-order valence-corrected chi connectivity index (χ1v) is 8.89. The van der Waals surface area contributed by atoms with E-state index in [0.29, 0.717) is 11.5 Å². The van der Waals surface area contributed by atoms with Crippen molar-refractivity contribution in [2.75, 3.05) is 33.2 Å². The van der Waals surface area contributed by atoms with Crippen molar-refractivity contribution >= 4 is 5.96 Å². The normalized spacial score (nSPS) is 17.9. The highest BCUT2D eigenvalue weighted by atomic mass is 15.2. The molecule has 0 radical (unpaired) electrons. The number of rotatable bonds is 8. The Hall–Kier alpha value is -1.55. The summed E-state index contributed by atoms with van der Waals surface area (Å²) in [6.07, 6.45) is 2.52. The maximum Gasteiger partial charge on any atom is 0.191 e. The van der Waals surface area contributed by atoms with Crippen LogP contribution in [-0.2, 0) is 5.41 Å². The molecule has 4 nitrogen and oxygen atoms in total. The van der Waals surface area contributed by atoms with Gasteiger partial charge in [0.15, 0.2) is 5.96 Å². The number of hydrogen-bond donors (Lipinski definition) is 2. The molecule has 23 heavy (non-hydrogen) atoms. The summed E-state index contributed by atoms with van der Waals surface area (Å²) in [7, 11) is 1.85. The zero-order chi connectivity index (χ0) is 16.7. The van der Waals surface area contributed by atoms with Gasteiger partial charge in [0.05, 0.1) is 0 Å². The molecule has 1 atom stereocenters. The average molecular weight is 316 g/mol. The van der Waals surface area contributed by atoms with Gasteiger partial charge in [0, 0.05) is 31.6 Å². The van der Waals surface area contributed by atoms with E-state index >= 15 is 0 Å². The van der Waals surface area contributed by atoms with Crippen LogP contribution >= 0.6 is 0 Å². The molecule has 0 aromatic heterocycles. The van der Waals surface area contributed by atoms with Crippen LogP contribution in [0, 0.1) is 0 Å². The number of nitrogens with one attached hydrogen (secondary N) is 2. The first-order chi connectivity index (χ1) is 11.1. The summed E-state index contributed by atoms with van der Waals surface area (Å²) < 4.78 is 0. The van der Waals surface area contributed by atoms with Gasteiger partial charge >= 0.3 is 0 Å². The number of hydrogen-bond acceptors (Lipinski definition) is 2. The Labute approximate surface area is 141 Å². The molecule has 128 valence electrons. The Bertz CT molecular complexity index is 489. The van der Waals surface area contributed by atoms with Crippen LogP contribution in [0.4, 0.5) is 0 Å². The molecule has 0 heterocycles. The fourth-order valence-electron chi connectivity index (χ4n) is 3.20. The first-order valence-electron chi connectivity index (χ1n) is 8.89. The van der Waals surface area contributed by atoms with Gasteiger partial charge in [0.1, 0.15) is 0 Å². The third-order valence-corrected chi connectivity index (χ3v) is 5.06. The minimum Gasteiger partial charge on any atom is -0.356 e. The van der Waals surface area contributed by atoms with Gasteiger partial charge in [-0.3, -0.25) is 9.89 Å². The van der Waals surface area contributed by atoms with Gasteiger partial charge in [-0.25, -0.2) is 0 Å². The zero-order valence-electron chi connectivity index (χ0n) is 15.1. The highest BCUT2D eigenvalue weighted by Gasteiger charge is 2.43. The van der Waals surface area contributed by atoms with Gasteiger partial charge < -0.3 is 10.6 Å². The van der Waals surface area contributed by atoms with Crippen molar-refractivity contribution in [2.24, 2.45) is 4.99 Å². The molecule has 2 N–H and O–H groups in total. The summed E-state index contributed by atoms with van der Waals surface area (Å²) in [5, 5.41) is 6.99. The fraction of sp³-hybridized carbons (Fsp3) is 0.632. The Balaban J connectivity index is 1.82. The molecule has 1 aliphatic rings. The van der Waals surface area contributed by atoms with E-state index in [1.54, 1.807) is 0 Å². The Morgan fingerprint density at radius 1 is 1.17 bits per heavy atom. The van der Waals surface area contributed by atoms with Gasteiger partial charge in [-0.15, -0.1) is 0 Å². The van der Waals surface area contributed by atoms with E-state index < -0.39 is 0 Å². The zero-order valence-corrected chi connectivity index (χ0v) is 15.1. The number of likely N-dealkylation sites (N-methyl/N-ethyl adjacent to an activating group) is 1. The van der Waals surface area contributed by atoms with E-state index in [9.17, 15) is 0 Å². The third kappa shape index (κ3) is 4.71. The maximum absolute atomic E-state index is 4.37. The molecule has 0 aliphatic heterocycles. The molecule has 0 saturated heterocycles. The quantitative estimate of drug-likeness (QED) is 0.572. The predicted octanol–water partition coefficient (Wildman–Crippen LogP) is 2.61. The smallest absolute Gasteiger partial charge is 0.191 e. The second-order valence-corrected chi connectivity index (χ2v) is 6.52. The SMILES string of the molecule is CCN(CC)C(C)CNC(=NC)NCC1(c2ccccc2)CC1. The summed E-state index contributed by atoms with van der Waals surface area (Å²) in [5.74, 6) is 0.909. The number of guanidine groups is 1. The largest absolute Gasteiger partial charge is 0.356 e. The van der Waals surface area contributed by atoms with Crippen molar-refractivity contribution in [3.8, 4) is 0 Å². The van der Waals surface area contributed by atoms with Crippen molar-refractivity contribution < 1.29 is 0 Å². The van der Waals surface area contributed by atoms with Crippen LogP contribution in [0.5, 0.6) is 0 Å². The van der Waals surface area contributed by atoms with E-state index in [0.717, 1.165) is 32.1 Å². The lowest BCUT2D eigenvalue weighted by Gasteiger charge is -2.27. The molecule has 2 rings (SSSR count). The minimum absolute atomic E-state index is 0.309. The molecular formula is C19H32N4. The Kier molecular flexibility index (Phi) is 6.46. The minimum atomic E-state index is 0.309. The lowest BCUT2D eigenvalue weighted by atomic mass is 9.96. The van der Waals surface area contributed by atoms with Crippen LogP contribution in [0.1, 0.15) is 39.2 Å². The summed E-state index contributed by atoms with van der Waals surface area (Å²) in [4.78, 5) is 6.82. The van der Waals surface area contributed by atoms with Gasteiger partial charge in [-0.05, 0) is 38.4 Å². The van der Waals surface area contributed by atoms with Crippen LogP contribution < -0.4 is 10.6 Å². The predicted molar refractivity (Wildman–Crippen MR) is 99.1 cm³/mol. The molecular weight excluding hydrogens is 284 g/mol. The lowest BCUT2D eigenvalue weighted by molar-refractivity contribution is 0.231. The highest BCUT2D eigenvalue weighted by Crippen LogP contribution is 2.47. The van der Waals surface area contributed by atoms with Crippen LogP contribution in [0.3, 0.4) is 0 Å². The van der Waals surface area contributed by atoms with E-state index in [2.05, 4.69) is 71.6 Å². The van der Waals surface area contributed by atoms with Crippen molar-refractivity contribution in [3.05, 3.63) is 35.9 Å². The third-order valence-electron chi connectivity index (χ3n) is 5.06. The topological polar surface area (TPSA) is 39.7 Å². The molecule has 1 saturated carbocycles. The molecule has 1 aliphatic carbocycles. The summed E-state index contributed by atoms with van der Waals surface area (Å²) in [6.45, 7) is 10.7. The highest BCUT2D eigenvalue weighted by molar-refractivity contribution is 5.79. The molecule has 4 heteroatoms. The second-order valence-electron chi connectivity index (χ2n) is 6.52. The molecule has 1 aromatic carbocycles. The van der Waals surface area contributed by atoms with Gasteiger partial charge in [-0.2, -0.15) is 0 Å². The monoisotopic (exact) mass is 316 g/mol. The Morgan fingerprint density at radius 2 is 1.83 bits per heavy atom. The van der Waals surface area contributed by atoms with Crippen LogP contribution in [0.25, 0.3) is 0 Å². The number of nitrogens with zero attached hydrogens (tertiary/aromatic N) is 2. The van der Waals surface area contributed by atoms with E-state index in [4.69, 9.17) is 0 Å². The summed E-state index contributed by atoms with van der Waals surface area (Å²) in [5.41, 5.74) is 1.75. The van der Waals surface area contributed by atoms with Crippen molar-refractivity contribution in [1.82, 2.24) is 15.5 Å². The standard InChI is InChI=1S/C19H32N4/c1-5-23(6-2)16(3)14-21-18(20-4)22-15-19(12-13-19)17-10-8-7-9-11-17/h7-11,16H,5-6,12-15H2,1-4H3,(H2,20,21,22). The van der Waals surface area contributed by atoms with Crippen molar-refractivity contribution in [3.63, 3.8) is 0 Å². The second kappa shape index (κ2) is 8.34. The fourth-order valence-corrected chi connectivity index (χ4v) is 3.20. The summed E-state index contributed by atoms with van der Waals surface area (Å²) >= 11 is 0. The van der Waals surface area contributed by atoms with Crippen molar-refractivity contribution in [2.45, 2.75) is 45.1 Å². The van der Waals surface area contributed by atoms with Gasteiger partial charge in [0.25, 0.3) is 0 Å². The molecule has 0 spiro atoms. The van der Waals surface area contributed by atoms with Gasteiger partial charge in [-0.1, -0.05) is 44.2 Å². The van der Waals surface area contributed by atoms with Crippen LogP contribution in [0.15, 0.2) is 35.3 Å². The number of benzene rings is 1.